The van der Waals surface area contributed by atoms with Crippen molar-refractivity contribution >= 4 is 17.4 Å². The third-order valence-corrected chi connectivity index (χ3v) is 6.13. The Balaban J connectivity index is 1.48. The molecule has 4 rings (SSSR count). The number of pyridine rings is 1. The molecule has 6 heteroatoms. The molecule has 3 aromatic rings. The van der Waals surface area contributed by atoms with Crippen LogP contribution in [0.15, 0.2) is 60.8 Å². The van der Waals surface area contributed by atoms with Gasteiger partial charge in [0, 0.05) is 31.0 Å². The van der Waals surface area contributed by atoms with Crippen molar-refractivity contribution in [3.63, 3.8) is 0 Å². The van der Waals surface area contributed by atoms with Gasteiger partial charge in [-0.05, 0) is 74.5 Å². The van der Waals surface area contributed by atoms with Crippen molar-refractivity contribution in [3.05, 3.63) is 77.5 Å². The maximum Gasteiger partial charge on any atom is 0.257 e. The van der Waals surface area contributed by atoms with E-state index in [-0.39, 0.29) is 5.91 Å². The van der Waals surface area contributed by atoms with Crippen LogP contribution in [0.2, 0.25) is 0 Å². The molecular weight excluding hydrogens is 398 g/mol. The Hall–Kier alpha value is -3.69. The average Bonchev–Trinajstić information content (AvgIpc) is 3.31. The number of aromatic nitrogens is 1. The molecule has 0 aliphatic carbocycles. The minimum absolute atomic E-state index is 0.184. The van der Waals surface area contributed by atoms with Gasteiger partial charge in [0.25, 0.3) is 5.91 Å². The minimum atomic E-state index is -0.184. The molecule has 1 saturated heterocycles. The summed E-state index contributed by atoms with van der Waals surface area (Å²) in [5.41, 5.74) is 4.91. The van der Waals surface area contributed by atoms with Crippen molar-refractivity contribution in [1.82, 2.24) is 9.88 Å². The second-order valence-electron chi connectivity index (χ2n) is 8.38. The lowest BCUT2D eigenvalue weighted by Gasteiger charge is -2.21. The monoisotopic (exact) mass is 425 g/mol. The first-order chi connectivity index (χ1) is 15.5. The SMILES string of the molecule is Cc1c(NC(=O)c2ccc(N3CC[C@@H](N(C)C)C3)nc2)cccc1-c1ccc(C#N)cc1. The smallest absolute Gasteiger partial charge is 0.257 e. The molecule has 0 spiro atoms. The molecule has 1 fully saturated rings. The molecule has 0 saturated carbocycles. The first kappa shape index (κ1) is 21.5. The van der Waals surface area contributed by atoms with Crippen LogP contribution in [0.25, 0.3) is 11.1 Å². The van der Waals surface area contributed by atoms with Crippen LogP contribution in [0.4, 0.5) is 11.5 Å². The van der Waals surface area contributed by atoms with Gasteiger partial charge in [-0.25, -0.2) is 4.98 Å². The topological polar surface area (TPSA) is 72.3 Å². The maximum absolute atomic E-state index is 12.9. The van der Waals surface area contributed by atoms with Gasteiger partial charge in [-0.15, -0.1) is 0 Å². The van der Waals surface area contributed by atoms with Crippen LogP contribution in [0, 0.1) is 18.3 Å². The number of likely N-dealkylation sites (N-methyl/N-ethyl adjacent to an activating group) is 1. The zero-order chi connectivity index (χ0) is 22.7. The number of rotatable bonds is 5. The highest BCUT2D eigenvalue weighted by Gasteiger charge is 2.24. The molecule has 0 radical (unpaired) electrons. The van der Waals surface area contributed by atoms with E-state index in [0.717, 1.165) is 47.7 Å². The number of carbonyl (C=O) groups is 1. The summed E-state index contributed by atoms with van der Waals surface area (Å²) >= 11 is 0. The summed E-state index contributed by atoms with van der Waals surface area (Å²) in [5, 5.41) is 12.0. The van der Waals surface area contributed by atoms with Crippen LogP contribution in [0.3, 0.4) is 0 Å². The van der Waals surface area contributed by atoms with Crippen molar-refractivity contribution < 1.29 is 4.79 Å². The minimum Gasteiger partial charge on any atom is -0.355 e. The van der Waals surface area contributed by atoms with Crippen LogP contribution in [0.5, 0.6) is 0 Å². The average molecular weight is 426 g/mol. The van der Waals surface area contributed by atoms with Crippen molar-refractivity contribution in [2.75, 3.05) is 37.4 Å². The summed E-state index contributed by atoms with van der Waals surface area (Å²) in [4.78, 5) is 21.9. The molecule has 2 aromatic carbocycles. The summed E-state index contributed by atoms with van der Waals surface area (Å²) in [6, 6.07) is 19.7. The molecule has 0 unspecified atom stereocenters. The van der Waals surface area contributed by atoms with E-state index in [1.807, 2.05) is 49.4 Å². The molecule has 6 nitrogen and oxygen atoms in total. The third kappa shape index (κ3) is 4.48. The van der Waals surface area contributed by atoms with E-state index in [4.69, 9.17) is 5.26 Å². The highest BCUT2D eigenvalue weighted by Crippen LogP contribution is 2.29. The van der Waals surface area contributed by atoms with Gasteiger partial charge in [-0.2, -0.15) is 5.26 Å². The van der Waals surface area contributed by atoms with E-state index in [0.29, 0.717) is 17.2 Å². The van der Waals surface area contributed by atoms with E-state index < -0.39 is 0 Å². The van der Waals surface area contributed by atoms with Gasteiger partial charge in [-0.1, -0.05) is 24.3 Å². The molecule has 1 aliphatic heterocycles. The number of nitrogens with zero attached hydrogens (tertiary/aromatic N) is 4. The predicted octanol–water partition coefficient (Wildman–Crippen LogP) is 4.32. The molecule has 0 bridgehead atoms. The van der Waals surface area contributed by atoms with Crippen LogP contribution < -0.4 is 10.2 Å². The molecule has 1 aromatic heterocycles. The normalized spacial score (nSPS) is 15.6. The highest BCUT2D eigenvalue weighted by atomic mass is 16.1. The van der Waals surface area contributed by atoms with Gasteiger partial charge in [0.05, 0.1) is 17.2 Å². The van der Waals surface area contributed by atoms with Gasteiger partial charge < -0.3 is 15.1 Å². The van der Waals surface area contributed by atoms with Gasteiger partial charge in [0.1, 0.15) is 5.82 Å². The third-order valence-electron chi connectivity index (χ3n) is 6.13. The van der Waals surface area contributed by atoms with Gasteiger partial charge in [0.2, 0.25) is 0 Å². The summed E-state index contributed by atoms with van der Waals surface area (Å²) in [7, 11) is 4.21. The van der Waals surface area contributed by atoms with Crippen LogP contribution in [0.1, 0.15) is 27.9 Å². The van der Waals surface area contributed by atoms with Crippen molar-refractivity contribution in [3.8, 4) is 17.2 Å². The van der Waals surface area contributed by atoms with E-state index in [9.17, 15) is 4.79 Å². The van der Waals surface area contributed by atoms with E-state index in [2.05, 4.69) is 40.3 Å². The number of amides is 1. The first-order valence-corrected chi connectivity index (χ1v) is 10.7. The number of nitrogens with one attached hydrogen (secondary N) is 1. The molecule has 2 heterocycles. The molecule has 162 valence electrons. The first-order valence-electron chi connectivity index (χ1n) is 10.7. The second-order valence-corrected chi connectivity index (χ2v) is 8.38. The van der Waals surface area contributed by atoms with Gasteiger partial charge >= 0.3 is 0 Å². The van der Waals surface area contributed by atoms with Gasteiger partial charge in [-0.3, -0.25) is 4.79 Å². The van der Waals surface area contributed by atoms with Gasteiger partial charge in [0.15, 0.2) is 0 Å². The molecule has 1 aliphatic rings. The quantitative estimate of drug-likeness (QED) is 0.659. The number of hydrogen-bond donors (Lipinski definition) is 1. The summed E-state index contributed by atoms with van der Waals surface area (Å²) in [5.74, 6) is 0.724. The van der Waals surface area contributed by atoms with Crippen molar-refractivity contribution in [1.29, 1.82) is 5.26 Å². The number of benzene rings is 2. The zero-order valence-electron chi connectivity index (χ0n) is 18.7. The number of hydrogen-bond acceptors (Lipinski definition) is 5. The van der Waals surface area contributed by atoms with E-state index in [1.54, 1.807) is 18.3 Å². The molecule has 32 heavy (non-hydrogen) atoms. The van der Waals surface area contributed by atoms with Crippen LogP contribution >= 0.6 is 0 Å². The Kier molecular flexibility index (Phi) is 6.20. The van der Waals surface area contributed by atoms with E-state index >= 15 is 0 Å². The van der Waals surface area contributed by atoms with Crippen molar-refractivity contribution in [2.45, 2.75) is 19.4 Å². The number of anilines is 2. The standard InChI is InChI=1S/C26H27N5O/c1-18-23(20-9-7-19(15-27)8-10-20)5-4-6-24(18)29-26(32)21-11-12-25(28-16-21)31-14-13-22(17-31)30(2)3/h4-12,16,22H,13-14,17H2,1-3H3,(H,29,32)/t22-/m1/s1. The highest BCUT2D eigenvalue weighted by molar-refractivity contribution is 6.05. The second kappa shape index (κ2) is 9.21. The fraction of sp³-hybridized carbons (Fsp3) is 0.269. The summed E-state index contributed by atoms with van der Waals surface area (Å²) in [6.45, 7) is 3.91. The van der Waals surface area contributed by atoms with Crippen molar-refractivity contribution in [2.24, 2.45) is 0 Å². The zero-order valence-corrected chi connectivity index (χ0v) is 18.7. The number of nitriles is 1. The lowest BCUT2D eigenvalue weighted by molar-refractivity contribution is 0.102. The molecule has 1 N–H and O–H groups in total. The molecule has 1 atom stereocenters. The predicted molar refractivity (Wildman–Crippen MR) is 128 cm³/mol. The summed E-state index contributed by atoms with van der Waals surface area (Å²) < 4.78 is 0. The largest absolute Gasteiger partial charge is 0.355 e. The summed E-state index contributed by atoms with van der Waals surface area (Å²) in [6.07, 6.45) is 2.76. The Morgan fingerprint density at radius 2 is 1.94 bits per heavy atom. The van der Waals surface area contributed by atoms with Crippen LogP contribution in [-0.2, 0) is 0 Å². The van der Waals surface area contributed by atoms with Crippen LogP contribution in [-0.4, -0.2) is 49.0 Å². The Bertz CT molecular complexity index is 1150. The molecular formula is C26H27N5O. The Morgan fingerprint density at radius 1 is 1.16 bits per heavy atom. The lowest BCUT2D eigenvalue weighted by Crippen LogP contribution is -2.31. The maximum atomic E-state index is 12.9. The Morgan fingerprint density at radius 3 is 2.56 bits per heavy atom. The fourth-order valence-electron chi connectivity index (χ4n) is 4.08. The Labute approximate surface area is 189 Å². The van der Waals surface area contributed by atoms with E-state index in [1.165, 1.54) is 0 Å². The fourth-order valence-corrected chi connectivity index (χ4v) is 4.08. The molecule has 1 amide bonds. The number of carbonyl (C=O) groups excluding carboxylic acids is 1. The lowest BCUT2D eigenvalue weighted by atomic mass is 9.98.